The van der Waals surface area contributed by atoms with E-state index in [-0.39, 0.29) is 19.0 Å². The molecule has 0 bridgehead atoms. The molecular formula is C18H16Cl2N2O4. The van der Waals surface area contributed by atoms with E-state index >= 15 is 0 Å². The molecule has 8 heteroatoms. The molecule has 2 aromatic rings. The van der Waals surface area contributed by atoms with E-state index in [1.54, 1.807) is 35.2 Å². The zero-order chi connectivity index (χ0) is 18.8. The van der Waals surface area contributed by atoms with E-state index in [0.717, 1.165) is 5.56 Å². The lowest BCUT2D eigenvalue weighted by Gasteiger charge is -2.29. The summed E-state index contributed by atoms with van der Waals surface area (Å²) < 4.78 is 10.4. The SMILES string of the molecule is COc1cc(Cl)c(C)cc1NC(=O)CN1CC(=O)Oc2ccc(Cl)cc21. The van der Waals surface area contributed by atoms with Gasteiger partial charge >= 0.3 is 5.97 Å². The van der Waals surface area contributed by atoms with Gasteiger partial charge in [-0.2, -0.15) is 0 Å². The number of hydrogen-bond donors (Lipinski definition) is 1. The Labute approximate surface area is 160 Å². The largest absolute Gasteiger partial charge is 0.495 e. The van der Waals surface area contributed by atoms with Crippen LogP contribution in [-0.2, 0) is 9.59 Å². The van der Waals surface area contributed by atoms with Crippen molar-refractivity contribution in [2.45, 2.75) is 6.92 Å². The molecule has 0 aliphatic carbocycles. The first kappa shape index (κ1) is 18.4. The Morgan fingerprint density at radius 2 is 2.08 bits per heavy atom. The van der Waals surface area contributed by atoms with E-state index in [9.17, 15) is 9.59 Å². The van der Waals surface area contributed by atoms with Gasteiger partial charge in [0.1, 0.15) is 12.3 Å². The smallest absolute Gasteiger partial charge is 0.331 e. The van der Waals surface area contributed by atoms with Crippen LogP contribution in [0.2, 0.25) is 10.0 Å². The summed E-state index contributed by atoms with van der Waals surface area (Å²) in [4.78, 5) is 25.9. The minimum absolute atomic E-state index is 0.0441. The van der Waals surface area contributed by atoms with Gasteiger partial charge in [0.05, 0.1) is 25.0 Å². The number of nitrogens with zero attached hydrogens (tertiary/aromatic N) is 1. The monoisotopic (exact) mass is 394 g/mol. The molecule has 1 aliphatic rings. The van der Waals surface area contributed by atoms with Crippen LogP contribution in [0.3, 0.4) is 0 Å². The Balaban J connectivity index is 1.80. The highest BCUT2D eigenvalue weighted by atomic mass is 35.5. The number of fused-ring (bicyclic) bond motifs is 1. The molecule has 0 spiro atoms. The van der Waals surface area contributed by atoms with Gasteiger partial charge in [0.2, 0.25) is 5.91 Å². The number of rotatable bonds is 4. The van der Waals surface area contributed by atoms with Crippen molar-refractivity contribution in [2.24, 2.45) is 0 Å². The minimum Gasteiger partial charge on any atom is -0.495 e. The number of methoxy groups -OCH3 is 1. The van der Waals surface area contributed by atoms with Crippen LogP contribution >= 0.6 is 23.2 Å². The van der Waals surface area contributed by atoms with Gasteiger partial charge in [0, 0.05) is 16.1 Å². The summed E-state index contributed by atoms with van der Waals surface area (Å²) in [5.41, 5.74) is 1.90. The molecule has 0 aromatic heterocycles. The molecule has 3 rings (SSSR count). The average molecular weight is 395 g/mol. The normalized spacial score (nSPS) is 13.1. The first-order valence-corrected chi connectivity index (χ1v) is 8.52. The molecule has 0 saturated heterocycles. The average Bonchev–Trinajstić information content (AvgIpc) is 2.58. The number of hydrogen-bond acceptors (Lipinski definition) is 5. The summed E-state index contributed by atoms with van der Waals surface area (Å²) in [5, 5.41) is 3.82. The van der Waals surface area contributed by atoms with Crippen LogP contribution < -0.4 is 19.7 Å². The van der Waals surface area contributed by atoms with Crippen LogP contribution in [0.15, 0.2) is 30.3 Å². The fourth-order valence-electron chi connectivity index (χ4n) is 2.65. The maximum absolute atomic E-state index is 12.5. The fraction of sp³-hybridized carbons (Fsp3) is 0.222. The van der Waals surface area contributed by atoms with Gasteiger partial charge in [-0.3, -0.25) is 4.79 Å². The number of halogens is 2. The molecule has 0 unspecified atom stereocenters. The maximum Gasteiger partial charge on any atom is 0.331 e. The van der Waals surface area contributed by atoms with Crippen LogP contribution in [-0.4, -0.2) is 32.1 Å². The van der Waals surface area contributed by atoms with Crippen molar-refractivity contribution in [3.63, 3.8) is 0 Å². The Morgan fingerprint density at radius 3 is 2.81 bits per heavy atom. The van der Waals surface area contributed by atoms with Crippen LogP contribution in [0.4, 0.5) is 11.4 Å². The summed E-state index contributed by atoms with van der Waals surface area (Å²) in [6.45, 7) is 1.74. The third kappa shape index (κ3) is 3.86. The summed E-state index contributed by atoms with van der Waals surface area (Å²) in [7, 11) is 1.50. The standard InChI is InChI=1S/C18H16Cl2N2O4/c1-10-5-13(16(25-2)7-12(10)20)21-17(23)8-22-9-18(24)26-15-4-3-11(19)6-14(15)22/h3-7H,8-9H2,1-2H3,(H,21,23). The van der Waals surface area contributed by atoms with Gasteiger partial charge in [0.15, 0.2) is 5.75 Å². The van der Waals surface area contributed by atoms with Crippen LogP contribution in [0, 0.1) is 6.92 Å². The van der Waals surface area contributed by atoms with E-state index in [0.29, 0.717) is 32.9 Å². The number of anilines is 2. The zero-order valence-corrected chi connectivity index (χ0v) is 15.6. The number of carbonyl (C=O) groups excluding carboxylic acids is 2. The van der Waals surface area contributed by atoms with Crippen molar-refractivity contribution >= 4 is 46.5 Å². The Morgan fingerprint density at radius 1 is 1.31 bits per heavy atom. The highest BCUT2D eigenvalue weighted by Gasteiger charge is 2.26. The van der Waals surface area contributed by atoms with Crippen molar-refractivity contribution in [1.29, 1.82) is 0 Å². The second kappa shape index (κ2) is 7.43. The van der Waals surface area contributed by atoms with E-state index in [4.69, 9.17) is 32.7 Å². The lowest BCUT2D eigenvalue weighted by atomic mass is 10.2. The number of ether oxygens (including phenoxy) is 2. The highest BCUT2D eigenvalue weighted by molar-refractivity contribution is 6.31. The summed E-state index contributed by atoms with van der Waals surface area (Å²) >= 11 is 12.1. The molecule has 1 amide bonds. The number of aryl methyl sites for hydroxylation is 1. The lowest BCUT2D eigenvalue weighted by molar-refractivity contribution is -0.133. The molecule has 2 aromatic carbocycles. The summed E-state index contributed by atoms with van der Waals surface area (Å²) in [6, 6.07) is 8.25. The molecule has 0 radical (unpaired) electrons. The Bertz CT molecular complexity index is 886. The second-order valence-electron chi connectivity index (χ2n) is 5.79. The predicted octanol–water partition coefficient (Wildman–Crippen LogP) is 3.67. The minimum atomic E-state index is -0.437. The summed E-state index contributed by atoms with van der Waals surface area (Å²) in [5.74, 6) is 0.0759. The van der Waals surface area contributed by atoms with Gasteiger partial charge < -0.3 is 19.7 Å². The fourth-order valence-corrected chi connectivity index (χ4v) is 2.97. The van der Waals surface area contributed by atoms with Gasteiger partial charge in [0.25, 0.3) is 0 Å². The van der Waals surface area contributed by atoms with Gasteiger partial charge in [-0.05, 0) is 36.8 Å². The Kier molecular flexibility index (Phi) is 5.25. The third-order valence-electron chi connectivity index (χ3n) is 3.89. The topological polar surface area (TPSA) is 67.9 Å². The zero-order valence-electron chi connectivity index (χ0n) is 14.1. The molecule has 1 heterocycles. The third-order valence-corrected chi connectivity index (χ3v) is 4.54. The second-order valence-corrected chi connectivity index (χ2v) is 6.64. The van der Waals surface area contributed by atoms with Crippen molar-refractivity contribution in [3.8, 4) is 11.5 Å². The van der Waals surface area contributed by atoms with Crippen molar-refractivity contribution < 1.29 is 19.1 Å². The molecule has 136 valence electrons. The summed E-state index contributed by atoms with van der Waals surface area (Å²) in [6.07, 6.45) is 0. The molecular weight excluding hydrogens is 379 g/mol. The highest BCUT2D eigenvalue weighted by Crippen LogP contribution is 2.35. The van der Waals surface area contributed by atoms with E-state index < -0.39 is 5.97 Å². The molecule has 26 heavy (non-hydrogen) atoms. The molecule has 0 atom stereocenters. The number of nitrogens with one attached hydrogen (secondary N) is 1. The number of esters is 1. The molecule has 1 N–H and O–H groups in total. The van der Waals surface area contributed by atoms with Crippen LogP contribution in [0.1, 0.15) is 5.56 Å². The molecule has 1 aliphatic heterocycles. The van der Waals surface area contributed by atoms with E-state index in [1.165, 1.54) is 7.11 Å². The van der Waals surface area contributed by atoms with Crippen molar-refractivity contribution in [1.82, 2.24) is 0 Å². The Hall–Kier alpha value is -2.44. The van der Waals surface area contributed by atoms with Gasteiger partial charge in [-0.25, -0.2) is 4.79 Å². The van der Waals surface area contributed by atoms with Gasteiger partial charge in [-0.15, -0.1) is 0 Å². The molecule has 0 fully saturated rings. The molecule has 6 nitrogen and oxygen atoms in total. The van der Waals surface area contributed by atoms with E-state index in [1.807, 2.05) is 6.92 Å². The maximum atomic E-state index is 12.5. The van der Waals surface area contributed by atoms with E-state index in [2.05, 4.69) is 5.32 Å². The van der Waals surface area contributed by atoms with Gasteiger partial charge in [-0.1, -0.05) is 23.2 Å². The predicted molar refractivity (Wildman–Crippen MR) is 101 cm³/mol. The lowest BCUT2D eigenvalue weighted by Crippen LogP contribution is -2.41. The van der Waals surface area contributed by atoms with Crippen LogP contribution in [0.5, 0.6) is 11.5 Å². The molecule has 0 saturated carbocycles. The number of carbonyl (C=O) groups is 2. The van der Waals surface area contributed by atoms with Crippen molar-refractivity contribution in [3.05, 3.63) is 45.9 Å². The number of benzene rings is 2. The van der Waals surface area contributed by atoms with Crippen molar-refractivity contribution in [2.75, 3.05) is 30.4 Å². The first-order valence-electron chi connectivity index (χ1n) is 7.76. The number of amides is 1. The first-order chi connectivity index (χ1) is 12.4. The quantitative estimate of drug-likeness (QED) is 0.632. The van der Waals surface area contributed by atoms with Crippen LogP contribution in [0.25, 0.3) is 0 Å².